The number of nitrogens with zero attached hydrogens (tertiary/aromatic N) is 1. The number of anilines is 1. The van der Waals surface area contributed by atoms with Crippen molar-refractivity contribution in [1.29, 1.82) is 0 Å². The number of nitrogen functional groups attached to an aromatic ring is 1. The Balaban J connectivity index is 2.31. The number of benzene rings is 2. The first-order valence-corrected chi connectivity index (χ1v) is 8.66. The van der Waals surface area contributed by atoms with E-state index in [9.17, 15) is 0 Å². The fraction of sp³-hybridized carbons (Fsp3) is 0.286. The number of hydrogen-bond donors (Lipinski definition) is 1. The molecule has 6 nitrogen and oxygen atoms in total. The lowest BCUT2D eigenvalue weighted by Gasteiger charge is -2.33. The van der Waals surface area contributed by atoms with Crippen molar-refractivity contribution in [3.05, 3.63) is 59.9 Å². The highest BCUT2D eigenvalue weighted by Crippen LogP contribution is 2.43. The molecule has 1 heterocycles. The minimum Gasteiger partial charge on any atom is -0.496 e. The molecule has 3 rings (SSSR count). The highest BCUT2D eigenvalue weighted by atomic mass is 16.7. The lowest BCUT2D eigenvalue weighted by Crippen LogP contribution is -2.33. The molecule has 0 saturated carbocycles. The van der Waals surface area contributed by atoms with Gasteiger partial charge in [0.15, 0.2) is 0 Å². The van der Waals surface area contributed by atoms with Crippen molar-refractivity contribution in [1.82, 2.24) is 4.98 Å². The minimum atomic E-state index is -1.21. The van der Waals surface area contributed by atoms with E-state index in [-0.39, 0.29) is 0 Å². The van der Waals surface area contributed by atoms with Gasteiger partial charge in [-0.3, -0.25) is 4.98 Å². The van der Waals surface area contributed by atoms with E-state index in [1.807, 2.05) is 43.3 Å². The van der Waals surface area contributed by atoms with Gasteiger partial charge in [-0.1, -0.05) is 12.1 Å². The van der Waals surface area contributed by atoms with Crippen molar-refractivity contribution in [3.63, 3.8) is 0 Å². The Morgan fingerprint density at radius 2 is 1.63 bits per heavy atom. The summed E-state index contributed by atoms with van der Waals surface area (Å²) in [6.45, 7) is 2.45. The predicted octanol–water partition coefficient (Wildman–Crippen LogP) is 3.72. The smallest absolute Gasteiger partial charge is 0.227 e. The summed E-state index contributed by atoms with van der Waals surface area (Å²) in [5.74, 6) is 0.0670. The molecule has 2 N–H and O–H groups in total. The Hall–Kier alpha value is -2.83. The zero-order valence-electron chi connectivity index (χ0n) is 16.0. The number of methoxy groups -OCH3 is 3. The first-order valence-electron chi connectivity index (χ1n) is 8.66. The second-order valence-corrected chi connectivity index (χ2v) is 5.92. The van der Waals surface area contributed by atoms with Gasteiger partial charge in [0.25, 0.3) is 0 Å². The Morgan fingerprint density at radius 1 is 0.889 bits per heavy atom. The van der Waals surface area contributed by atoms with Gasteiger partial charge in [0.05, 0.1) is 25.0 Å². The molecule has 0 radical (unpaired) electrons. The number of fused-ring (bicyclic) bond motifs is 1. The Labute approximate surface area is 158 Å². The maximum absolute atomic E-state index is 6.32. The van der Waals surface area contributed by atoms with Crippen molar-refractivity contribution < 1.29 is 18.9 Å². The molecular weight excluding hydrogens is 344 g/mol. The van der Waals surface area contributed by atoms with E-state index in [1.165, 1.54) is 0 Å². The van der Waals surface area contributed by atoms with E-state index in [1.54, 1.807) is 33.7 Å². The Kier molecular flexibility index (Phi) is 5.48. The summed E-state index contributed by atoms with van der Waals surface area (Å²) < 4.78 is 23.0. The van der Waals surface area contributed by atoms with Crippen LogP contribution in [0.5, 0.6) is 11.5 Å². The van der Waals surface area contributed by atoms with E-state index < -0.39 is 5.79 Å². The molecule has 27 heavy (non-hydrogen) atoms. The van der Waals surface area contributed by atoms with Gasteiger partial charge < -0.3 is 24.7 Å². The SMILES string of the molecule is CCOc1ccc2c(C(OC)(OC)c3ccccc3OC)cncc2c1N. The highest BCUT2D eigenvalue weighted by molar-refractivity contribution is 5.97. The third kappa shape index (κ3) is 3.07. The predicted molar refractivity (Wildman–Crippen MR) is 105 cm³/mol. The lowest BCUT2D eigenvalue weighted by molar-refractivity contribution is -0.183. The Morgan fingerprint density at radius 3 is 2.30 bits per heavy atom. The molecule has 1 aromatic heterocycles. The van der Waals surface area contributed by atoms with Crippen molar-refractivity contribution in [2.45, 2.75) is 12.7 Å². The number of para-hydroxylation sites is 1. The van der Waals surface area contributed by atoms with Gasteiger partial charge in [-0.15, -0.1) is 0 Å². The molecule has 142 valence electrons. The summed E-state index contributed by atoms with van der Waals surface area (Å²) >= 11 is 0. The second kappa shape index (κ2) is 7.82. The van der Waals surface area contributed by atoms with E-state index in [2.05, 4.69) is 4.98 Å². The topological polar surface area (TPSA) is 75.8 Å². The summed E-state index contributed by atoms with van der Waals surface area (Å²) in [6, 6.07) is 11.4. The van der Waals surface area contributed by atoms with Crippen molar-refractivity contribution in [3.8, 4) is 11.5 Å². The molecule has 0 saturated heterocycles. The summed E-state index contributed by atoms with van der Waals surface area (Å²) in [5.41, 5.74) is 8.32. The fourth-order valence-corrected chi connectivity index (χ4v) is 3.37. The average Bonchev–Trinajstić information content (AvgIpc) is 2.72. The second-order valence-electron chi connectivity index (χ2n) is 5.92. The van der Waals surface area contributed by atoms with Crippen LogP contribution in [0.3, 0.4) is 0 Å². The van der Waals surface area contributed by atoms with Crippen molar-refractivity contribution >= 4 is 16.5 Å². The minimum absolute atomic E-state index is 0.532. The number of aromatic nitrogens is 1. The van der Waals surface area contributed by atoms with E-state index in [0.29, 0.717) is 23.8 Å². The molecule has 0 fully saturated rings. The first-order chi connectivity index (χ1) is 13.1. The molecule has 3 aromatic rings. The summed E-state index contributed by atoms with van der Waals surface area (Å²) in [5, 5.41) is 1.63. The lowest BCUT2D eigenvalue weighted by atomic mass is 9.93. The molecular formula is C21H24N2O4. The molecule has 0 amide bonds. The monoisotopic (exact) mass is 368 g/mol. The first kappa shape index (κ1) is 18.9. The van der Waals surface area contributed by atoms with Crippen LogP contribution in [0.1, 0.15) is 18.1 Å². The zero-order chi connectivity index (χ0) is 19.4. The summed E-state index contributed by atoms with van der Waals surface area (Å²) in [4.78, 5) is 4.38. The van der Waals surface area contributed by atoms with E-state index >= 15 is 0 Å². The molecule has 0 aliphatic rings. The van der Waals surface area contributed by atoms with Gasteiger partial charge in [-0.2, -0.15) is 0 Å². The standard InChI is InChI=1S/C21H24N2O4/c1-5-27-19-11-10-14-15(20(19)22)12-23-13-17(14)21(25-3,26-4)16-8-6-7-9-18(16)24-2/h6-13H,5,22H2,1-4H3. The van der Waals surface area contributed by atoms with Crippen LogP contribution in [0.25, 0.3) is 10.8 Å². The molecule has 0 bridgehead atoms. The van der Waals surface area contributed by atoms with Crippen molar-refractivity contribution in [2.75, 3.05) is 33.7 Å². The highest BCUT2D eigenvalue weighted by Gasteiger charge is 2.39. The largest absolute Gasteiger partial charge is 0.496 e. The summed E-state index contributed by atoms with van der Waals surface area (Å²) in [7, 11) is 4.79. The zero-order valence-corrected chi connectivity index (χ0v) is 16.0. The van der Waals surface area contributed by atoms with Gasteiger partial charge in [0.2, 0.25) is 5.79 Å². The van der Waals surface area contributed by atoms with Crippen molar-refractivity contribution in [2.24, 2.45) is 0 Å². The van der Waals surface area contributed by atoms with Crippen LogP contribution in [0.15, 0.2) is 48.8 Å². The number of rotatable bonds is 7. The average molecular weight is 368 g/mol. The van der Waals surface area contributed by atoms with E-state index in [0.717, 1.165) is 21.9 Å². The third-order valence-corrected chi connectivity index (χ3v) is 4.64. The number of ether oxygens (including phenoxy) is 4. The molecule has 0 unspecified atom stereocenters. The molecule has 0 spiro atoms. The maximum atomic E-state index is 6.32. The van der Waals surface area contributed by atoms with Gasteiger partial charge in [0.1, 0.15) is 11.5 Å². The van der Waals surface area contributed by atoms with Crippen LogP contribution in [0.2, 0.25) is 0 Å². The van der Waals surface area contributed by atoms with Gasteiger partial charge >= 0.3 is 0 Å². The Bertz CT molecular complexity index is 939. The van der Waals surface area contributed by atoms with Crippen LogP contribution in [-0.4, -0.2) is 32.9 Å². The number of pyridine rings is 1. The molecule has 0 aliphatic carbocycles. The third-order valence-electron chi connectivity index (χ3n) is 4.64. The molecule has 0 aliphatic heterocycles. The van der Waals surface area contributed by atoms with Crippen LogP contribution in [-0.2, 0) is 15.3 Å². The normalized spacial score (nSPS) is 11.6. The van der Waals surface area contributed by atoms with Gasteiger partial charge in [-0.05, 0) is 36.6 Å². The molecule has 2 aromatic carbocycles. The van der Waals surface area contributed by atoms with Crippen LogP contribution < -0.4 is 15.2 Å². The van der Waals surface area contributed by atoms with Crippen LogP contribution in [0, 0.1) is 0 Å². The summed E-state index contributed by atoms with van der Waals surface area (Å²) in [6.07, 6.45) is 3.44. The van der Waals surface area contributed by atoms with Crippen LogP contribution >= 0.6 is 0 Å². The number of hydrogen-bond acceptors (Lipinski definition) is 6. The van der Waals surface area contributed by atoms with Gasteiger partial charge in [-0.25, -0.2) is 0 Å². The fourth-order valence-electron chi connectivity index (χ4n) is 3.37. The van der Waals surface area contributed by atoms with E-state index in [4.69, 9.17) is 24.7 Å². The van der Waals surface area contributed by atoms with Gasteiger partial charge in [0, 0.05) is 37.6 Å². The van der Waals surface area contributed by atoms with Crippen LogP contribution in [0.4, 0.5) is 5.69 Å². The molecule has 6 heteroatoms. The maximum Gasteiger partial charge on any atom is 0.227 e. The molecule has 0 atom stereocenters. The quantitative estimate of drug-likeness (QED) is 0.506. The number of nitrogens with two attached hydrogens (primary N) is 1.